The minimum absolute atomic E-state index is 0.0864. The van der Waals surface area contributed by atoms with Crippen LogP contribution in [0.5, 0.6) is 0 Å². The van der Waals surface area contributed by atoms with Crippen LogP contribution in [0.25, 0.3) is 11.3 Å². The number of carbonyl (C=O) groups excluding carboxylic acids is 1. The van der Waals surface area contributed by atoms with Crippen LogP contribution < -0.4 is 5.32 Å². The van der Waals surface area contributed by atoms with Gasteiger partial charge in [-0.15, -0.1) is 0 Å². The van der Waals surface area contributed by atoms with Gasteiger partial charge < -0.3 is 19.7 Å². The Balaban J connectivity index is 2.21. The van der Waals surface area contributed by atoms with Gasteiger partial charge in [0.05, 0.1) is 19.4 Å². The van der Waals surface area contributed by atoms with Crippen molar-refractivity contribution in [2.45, 2.75) is 6.54 Å². The van der Waals surface area contributed by atoms with Crippen molar-refractivity contribution in [3.63, 3.8) is 0 Å². The number of ether oxygens (including phenoxy) is 1. The first-order valence-electron chi connectivity index (χ1n) is 6.78. The number of nitrogens with one attached hydrogen (secondary N) is 1. The van der Waals surface area contributed by atoms with Crippen LogP contribution in [0, 0.1) is 0 Å². The van der Waals surface area contributed by atoms with E-state index in [1.807, 2.05) is 36.5 Å². The molecule has 1 aromatic heterocycles. The Morgan fingerprint density at radius 1 is 1.33 bits per heavy atom. The predicted molar refractivity (Wildman–Crippen MR) is 79.0 cm³/mol. The predicted octanol–water partition coefficient (Wildman–Crippen LogP) is 0.919. The summed E-state index contributed by atoms with van der Waals surface area (Å²) >= 11 is 0. The summed E-state index contributed by atoms with van der Waals surface area (Å²) in [5.41, 5.74) is 1.68. The molecule has 21 heavy (non-hydrogen) atoms. The first-order valence-corrected chi connectivity index (χ1v) is 6.78. The minimum Gasteiger partial charge on any atom is -0.463 e. The van der Waals surface area contributed by atoms with E-state index < -0.39 is 5.97 Å². The molecule has 1 heterocycles. The fraction of sp³-hybridized carbons (Fsp3) is 0.333. The van der Waals surface area contributed by atoms with E-state index in [0.717, 1.165) is 11.3 Å². The van der Waals surface area contributed by atoms with E-state index in [1.54, 1.807) is 4.57 Å². The van der Waals surface area contributed by atoms with Crippen LogP contribution in [0.1, 0.15) is 10.6 Å². The van der Waals surface area contributed by atoms with Crippen LogP contribution in [0.2, 0.25) is 0 Å². The smallest absolute Gasteiger partial charge is 0.374 e. The molecule has 1 aromatic carbocycles. The zero-order chi connectivity index (χ0) is 15.1. The van der Waals surface area contributed by atoms with Gasteiger partial charge in [0.15, 0.2) is 0 Å². The molecule has 0 spiro atoms. The lowest BCUT2D eigenvalue weighted by molar-refractivity contribution is 0.0581. The summed E-state index contributed by atoms with van der Waals surface area (Å²) in [7, 11) is 1.34. The molecule has 0 aliphatic heterocycles. The third-order valence-electron chi connectivity index (χ3n) is 3.03. The Morgan fingerprint density at radius 3 is 2.76 bits per heavy atom. The number of carbonyl (C=O) groups is 1. The molecule has 112 valence electrons. The largest absolute Gasteiger partial charge is 0.463 e. The zero-order valence-electron chi connectivity index (χ0n) is 12.0. The van der Waals surface area contributed by atoms with Crippen LogP contribution in [0.4, 0.5) is 0 Å². The molecule has 0 saturated heterocycles. The van der Waals surface area contributed by atoms with E-state index in [1.165, 1.54) is 7.11 Å². The van der Waals surface area contributed by atoms with Crippen LogP contribution in [0.3, 0.4) is 0 Å². The molecule has 0 atom stereocenters. The number of hydrogen-bond donors (Lipinski definition) is 2. The van der Waals surface area contributed by atoms with Gasteiger partial charge in [0.2, 0.25) is 5.82 Å². The van der Waals surface area contributed by atoms with E-state index in [9.17, 15) is 4.79 Å². The lowest BCUT2D eigenvalue weighted by Crippen LogP contribution is -2.24. The average molecular weight is 289 g/mol. The average Bonchev–Trinajstić information content (AvgIpc) is 2.96. The number of nitrogens with zero attached hydrogens (tertiary/aromatic N) is 2. The summed E-state index contributed by atoms with van der Waals surface area (Å²) in [5.74, 6) is -0.179. The van der Waals surface area contributed by atoms with Gasteiger partial charge in [0.1, 0.15) is 0 Å². The van der Waals surface area contributed by atoms with E-state index >= 15 is 0 Å². The van der Waals surface area contributed by atoms with E-state index in [0.29, 0.717) is 19.6 Å². The van der Waals surface area contributed by atoms with E-state index in [4.69, 9.17) is 9.84 Å². The number of rotatable bonds is 7. The SMILES string of the molecule is COC(=O)c1nc(-c2ccccc2)cn1CCNCCO. The summed E-state index contributed by atoms with van der Waals surface area (Å²) in [5, 5.41) is 11.8. The maximum absolute atomic E-state index is 11.8. The molecule has 0 radical (unpaired) electrons. The number of aliphatic hydroxyl groups excluding tert-OH is 1. The third kappa shape index (κ3) is 3.90. The fourth-order valence-electron chi connectivity index (χ4n) is 1.99. The van der Waals surface area contributed by atoms with Crippen molar-refractivity contribution in [3.8, 4) is 11.3 Å². The lowest BCUT2D eigenvalue weighted by atomic mass is 10.2. The molecule has 0 fully saturated rings. The quantitative estimate of drug-likeness (QED) is 0.585. The van der Waals surface area contributed by atoms with Gasteiger partial charge in [-0.05, 0) is 0 Å². The molecule has 6 heteroatoms. The molecule has 0 aliphatic rings. The number of benzene rings is 1. The standard InChI is InChI=1S/C15H19N3O3/c1-21-15(20)14-17-13(12-5-3-2-4-6-12)11-18(14)9-7-16-8-10-19/h2-6,11,16,19H,7-10H2,1H3. The van der Waals surface area contributed by atoms with Crippen molar-refractivity contribution < 1.29 is 14.6 Å². The number of esters is 1. The number of aliphatic hydroxyl groups is 1. The van der Waals surface area contributed by atoms with Gasteiger partial charge in [0, 0.05) is 31.4 Å². The molecule has 6 nitrogen and oxygen atoms in total. The molecule has 2 N–H and O–H groups in total. The van der Waals surface area contributed by atoms with Crippen LogP contribution in [-0.4, -0.2) is 47.4 Å². The van der Waals surface area contributed by atoms with Gasteiger partial charge in [-0.25, -0.2) is 9.78 Å². The van der Waals surface area contributed by atoms with Gasteiger partial charge in [0.25, 0.3) is 0 Å². The topological polar surface area (TPSA) is 76.4 Å². The molecule has 2 rings (SSSR count). The van der Waals surface area contributed by atoms with Gasteiger partial charge >= 0.3 is 5.97 Å². The summed E-state index contributed by atoms with van der Waals surface area (Å²) in [4.78, 5) is 16.2. The first-order chi connectivity index (χ1) is 10.3. The second-order valence-corrected chi connectivity index (χ2v) is 4.47. The molecular weight excluding hydrogens is 270 g/mol. The van der Waals surface area contributed by atoms with Crippen molar-refractivity contribution in [2.75, 3.05) is 26.8 Å². The second-order valence-electron chi connectivity index (χ2n) is 4.47. The highest BCUT2D eigenvalue weighted by Crippen LogP contribution is 2.18. The van der Waals surface area contributed by atoms with Crippen molar-refractivity contribution in [1.82, 2.24) is 14.9 Å². The molecule has 2 aromatic rings. The molecule has 0 bridgehead atoms. The lowest BCUT2D eigenvalue weighted by Gasteiger charge is -2.06. The van der Waals surface area contributed by atoms with Crippen LogP contribution in [0.15, 0.2) is 36.5 Å². The summed E-state index contributed by atoms with van der Waals surface area (Å²) < 4.78 is 6.53. The Labute approximate surface area is 123 Å². The maximum atomic E-state index is 11.8. The highest BCUT2D eigenvalue weighted by atomic mass is 16.5. The molecule has 0 saturated carbocycles. The van der Waals surface area contributed by atoms with Crippen LogP contribution >= 0.6 is 0 Å². The molecule has 0 unspecified atom stereocenters. The summed E-state index contributed by atoms with van der Waals surface area (Å²) in [6.45, 7) is 1.82. The normalized spacial score (nSPS) is 10.6. The number of hydrogen-bond acceptors (Lipinski definition) is 5. The van der Waals surface area contributed by atoms with Gasteiger partial charge in [-0.3, -0.25) is 0 Å². The highest BCUT2D eigenvalue weighted by Gasteiger charge is 2.16. The molecule has 0 aliphatic carbocycles. The summed E-state index contributed by atoms with van der Waals surface area (Å²) in [6, 6.07) is 9.67. The Hall–Kier alpha value is -2.18. The van der Waals surface area contributed by atoms with E-state index in [-0.39, 0.29) is 12.4 Å². The van der Waals surface area contributed by atoms with Gasteiger partial charge in [-0.2, -0.15) is 0 Å². The maximum Gasteiger partial charge on any atom is 0.374 e. The zero-order valence-corrected chi connectivity index (χ0v) is 12.0. The van der Waals surface area contributed by atoms with Crippen molar-refractivity contribution in [2.24, 2.45) is 0 Å². The number of methoxy groups -OCH3 is 1. The second kappa shape index (κ2) is 7.56. The molecular formula is C15H19N3O3. The van der Waals surface area contributed by atoms with Crippen molar-refractivity contribution in [3.05, 3.63) is 42.4 Å². The summed E-state index contributed by atoms with van der Waals surface area (Å²) in [6.07, 6.45) is 1.84. The molecule has 0 amide bonds. The minimum atomic E-state index is -0.459. The first kappa shape index (κ1) is 15.2. The highest BCUT2D eigenvalue weighted by molar-refractivity contribution is 5.86. The number of aromatic nitrogens is 2. The monoisotopic (exact) mass is 289 g/mol. The Morgan fingerprint density at radius 2 is 2.10 bits per heavy atom. The van der Waals surface area contributed by atoms with Crippen molar-refractivity contribution in [1.29, 1.82) is 0 Å². The van der Waals surface area contributed by atoms with Gasteiger partial charge in [-0.1, -0.05) is 30.3 Å². The Kier molecular flexibility index (Phi) is 5.48. The number of imidazole rings is 1. The third-order valence-corrected chi connectivity index (χ3v) is 3.03. The Bertz CT molecular complexity index is 581. The van der Waals surface area contributed by atoms with E-state index in [2.05, 4.69) is 10.3 Å². The fourth-order valence-corrected chi connectivity index (χ4v) is 1.99. The van der Waals surface area contributed by atoms with Crippen molar-refractivity contribution >= 4 is 5.97 Å². The van der Waals surface area contributed by atoms with Crippen LogP contribution in [-0.2, 0) is 11.3 Å².